The summed E-state index contributed by atoms with van der Waals surface area (Å²) in [5.41, 5.74) is 5.32. The van der Waals surface area contributed by atoms with Crippen molar-refractivity contribution in [1.82, 2.24) is 9.21 Å². The molecule has 0 saturated carbocycles. The van der Waals surface area contributed by atoms with E-state index in [2.05, 4.69) is 11.8 Å². The average Bonchev–Trinajstić information content (AvgIpc) is 2.71. The molecule has 29 heavy (non-hydrogen) atoms. The van der Waals surface area contributed by atoms with Crippen LogP contribution >= 0.6 is 0 Å². The third-order valence-electron chi connectivity index (χ3n) is 4.88. The van der Waals surface area contributed by atoms with E-state index in [-0.39, 0.29) is 36.1 Å². The van der Waals surface area contributed by atoms with Gasteiger partial charge in [0.2, 0.25) is 10.0 Å². The molecule has 1 aromatic carbocycles. The smallest absolute Gasteiger partial charge is 0.410 e. The van der Waals surface area contributed by atoms with E-state index in [9.17, 15) is 17.6 Å². The summed E-state index contributed by atoms with van der Waals surface area (Å²) in [4.78, 5) is 14.3. The van der Waals surface area contributed by atoms with E-state index in [1.54, 1.807) is 25.7 Å². The molecule has 2 fully saturated rings. The van der Waals surface area contributed by atoms with Crippen molar-refractivity contribution in [1.29, 1.82) is 0 Å². The predicted octanol–water partition coefficient (Wildman–Crippen LogP) is 2.17. The molecule has 7 nitrogen and oxygen atoms in total. The molecule has 0 spiro atoms. The number of piperazine rings is 1. The van der Waals surface area contributed by atoms with Gasteiger partial charge in [0, 0.05) is 12.6 Å². The Morgan fingerprint density at radius 1 is 1.31 bits per heavy atom. The maximum atomic E-state index is 14.1. The van der Waals surface area contributed by atoms with Crippen LogP contribution in [0.4, 0.5) is 14.9 Å². The number of carbonyl (C=O) groups is 1. The number of carbonyl (C=O) groups excluding carboxylic acids is 1. The van der Waals surface area contributed by atoms with Crippen molar-refractivity contribution in [3.8, 4) is 11.8 Å². The van der Waals surface area contributed by atoms with Crippen LogP contribution in [-0.4, -0.2) is 60.2 Å². The van der Waals surface area contributed by atoms with E-state index in [0.29, 0.717) is 12.8 Å². The van der Waals surface area contributed by atoms with Crippen LogP contribution in [0, 0.1) is 17.7 Å². The monoisotopic (exact) mass is 423 g/mol. The highest BCUT2D eigenvalue weighted by Crippen LogP contribution is 2.28. The summed E-state index contributed by atoms with van der Waals surface area (Å²) in [6.07, 6.45) is 0.511. The molecular weight excluding hydrogens is 397 g/mol. The lowest BCUT2D eigenvalue weighted by molar-refractivity contribution is 0.00173. The van der Waals surface area contributed by atoms with E-state index in [4.69, 9.17) is 10.5 Å². The first-order chi connectivity index (χ1) is 13.5. The van der Waals surface area contributed by atoms with Crippen molar-refractivity contribution in [3.05, 3.63) is 29.6 Å². The SMILES string of the molecule is CC(C)(C)OC(=O)N1C[C@H](C#Cc2c(N)cccc2F)N2C[C@H]1CCCS2(=O)=O. The van der Waals surface area contributed by atoms with Crippen molar-refractivity contribution < 1.29 is 22.3 Å². The fourth-order valence-corrected chi connectivity index (χ4v) is 5.20. The lowest BCUT2D eigenvalue weighted by Crippen LogP contribution is -2.60. The summed E-state index contributed by atoms with van der Waals surface area (Å²) in [5.74, 6) is 4.94. The fourth-order valence-electron chi connectivity index (χ4n) is 3.52. The van der Waals surface area contributed by atoms with Gasteiger partial charge in [0.1, 0.15) is 17.5 Å². The second-order valence-corrected chi connectivity index (χ2v) is 10.3. The molecule has 1 aromatic rings. The zero-order chi connectivity index (χ0) is 21.4. The number of benzene rings is 1. The number of sulfonamides is 1. The Bertz CT molecular complexity index is 942. The lowest BCUT2D eigenvalue weighted by Gasteiger charge is -2.42. The van der Waals surface area contributed by atoms with Crippen LogP contribution in [0.2, 0.25) is 0 Å². The van der Waals surface area contributed by atoms with Crippen molar-refractivity contribution in [2.24, 2.45) is 0 Å². The van der Waals surface area contributed by atoms with E-state index < -0.39 is 33.6 Å². The van der Waals surface area contributed by atoms with Crippen molar-refractivity contribution in [2.75, 3.05) is 24.6 Å². The number of nitrogen functional groups attached to an aromatic ring is 1. The highest BCUT2D eigenvalue weighted by Gasteiger charge is 2.44. The van der Waals surface area contributed by atoms with Crippen molar-refractivity contribution in [3.63, 3.8) is 0 Å². The van der Waals surface area contributed by atoms with Gasteiger partial charge in [-0.2, -0.15) is 4.31 Å². The van der Waals surface area contributed by atoms with Gasteiger partial charge in [0.05, 0.1) is 23.5 Å². The largest absolute Gasteiger partial charge is 0.444 e. The fraction of sp³-hybridized carbons (Fsp3) is 0.550. The lowest BCUT2D eigenvalue weighted by atomic mass is 10.0. The quantitative estimate of drug-likeness (QED) is 0.510. The average molecular weight is 424 g/mol. The minimum absolute atomic E-state index is 0.00826. The van der Waals surface area contributed by atoms with Crippen molar-refractivity contribution in [2.45, 2.75) is 51.3 Å². The van der Waals surface area contributed by atoms with Crippen LogP contribution < -0.4 is 5.73 Å². The van der Waals surface area contributed by atoms with Gasteiger partial charge in [-0.1, -0.05) is 17.9 Å². The van der Waals surface area contributed by atoms with Crippen LogP contribution in [-0.2, 0) is 14.8 Å². The van der Waals surface area contributed by atoms with Gasteiger partial charge in [-0.05, 0) is 45.7 Å². The first-order valence-corrected chi connectivity index (χ1v) is 11.1. The normalized spacial score (nSPS) is 26.1. The number of hydrogen-bond donors (Lipinski definition) is 1. The number of amides is 1. The van der Waals surface area contributed by atoms with Crippen LogP contribution in [0.15, 0.2) is 18.2 Å². The molecule has 9 heteroatoms. The number of rotatable bonds is 0. The predicted molar refractivity (Wildman–Crippen MR) is 108 cm³/mol. The standard InChI is InChI=1S/C20H26FN3O4S/c1-20(2,3)28-19(25)23-12-15(9-10-16-17(21)7-4-8-18(16)22)24-13-14(23)6-5-11-29(24,26)27/h4,7-8,14-15H,5-6,11-13,22H2,1-3H3/t14-,15+/m1/s1. The van der Waals surface area contributed by atoms with Gasteiger partial charge in [-0.25, -0.2) is 17.6 Å². The van der Waals surface area contributed by atoms with Gasteiger partial charge >= 0.3 is 6.09 Å². The summed E-state index contributed by atoms with van der Waals surface area (Å²) < 4.78 is 46.3. The molecule has 2 bridgehead atoms. The Balaban J connectivity index is 1.96. The van der Waals surface area contributed by atoms with E-state index in [1.165, 1.54) is 22.5 Å². The molecule has 2 heterocycles. The Morgan fingerprint density at radius 2 is 2.03 bits per heavy atom. The van der Waals surface area contributed by atoms with Gasteiger partial charge in [-0.15, -0.1) is 0 Å². The summed E-state index contributed by atoms with van der Waals surface area (Å²) in [7, 11) is -3.52. The zero-order valence-corrected chi connectivity index (χ0v) is 17.6. The molecule has 2 N–H and O–H groups in total. The number of nitrogens with zero attached hydrogens (tertiary/aromatic N) is 2. The maximum absolute atomic E-state index is 14.1. The molecular formula is C20H26FN3O4S. The van der Waals surface area contributed by atoms with Gasteiger partial charge in [-0.3, -0.25) is 0 Å². The number of anilines is 1. The molecule has 2 aliphatic heterocycles. The van der Waals surface area contributed by atoms with Crippen LogP contribution in [0.3, 0.4) is 0 Å². The van der Waals surface area contributed by atoms with Crippen LogP contribution in [0.25, 0.3) is 0 Å². The van der Waals surface area contributed by atoms with Gasteiger partial charge < -0.3 is 15.4 Å². The molecule has 2 aliphatic rings. The van der Waals surface area contributed by atoms with Crippen LogP contribution in [0.5, 0.6) is 0 Å². The summed E-state index contributed by atoms with van der Waals surface area (Å²) in [6, 6.07) is 3.16. The Labute approximate surface area is 171 Å². The summed E-state index contributed by atoms with van der Waals surface area (Å²) in [6.45, 7) is 5.53. The number of fused-ring (bicyclic) bond motifs is 2. The molecule has 1 unspecified atom stereocenters. The summed E-state index contributed by atoms with van der Waals surface area (Å²) in [5, 5.41) is 0. The zero-order valence-electron chi connectivity index (χ0n) is 16.8. The number of ether oxygens (including phenoxy) is 1. The molecule has 3 rings (SSSR count). The van der Waals surface area contributed by atoms with Gasteiger partial charge in [0.15, 0.2) is 0 Å². The molecule has 2 saturated heterocycles. The van der Waals surface area contributed by atoms with E-state index in [0.717, 1.165) is 0 Å². The van der Waals surface area contributed by atoms with Gasteiger partial charge in [0.25, 0.3) is 0 Å². The first-order valence-electron chi connectivity index (χ1n) is 9.52. The maximum Gasteiger partial charge on any atom is 0.410 e. The highest BCUT2D eigenvalue weighted by atomic mass is 32.2. The van der Waals surface area contributed by atoms with E-state index >= 15 is 0 Å². The third-order valence-corrected chi connectivity index (χ3v) is 6.81. The number of halogens is 1. The second-order valence-electron chi connectivity index (χ2n) is 8.30. The number of hydrogen-bond acceptors (Lipinski definition) is 5. The molecule has 0 aromatic heterocycles. The molecule has 1 amide bonds. The van der Waals surface area contributed by atoms with E-state index in [1.807, 2.05) is 0 Å². The summed E-state index contributed by atoms with van der Waals surface area (Å²) >= 11 is 0. The first kappa shape index (κ1) is 21.4. The minimum Gasteiger partial charge on any atom is -0.444 e. The van der Waals surface area contributed by atoms with Crippen LogP contribution in [0.1, 0.15) is 39.2 Å². The number of nitrogens with two attached hydrogens (primary N) is 1. The highest BCUT2D eigenvalue weighted by molar-refractivity contribution is 7.89. The second kappa shape index (κ2) is 7.84. The Kier molecular flexibility index (Phi) is 5.79. The minimum atomic E-state index is -3.52. The molecule has 0 radical (unpaired) electrons. The molecule has 3 atom stereocenters. The Morgan fingerprint density at radius 3 is 2.69 bits per heavy atom. The third kappa shape index (κ3) is 4.82. The topological polar surface area (TPSA) is 92.9 Å². The van der Waals surface area contributed by atoms with Crippen molar-refractivity contribution >= 4 is 21.8 Å². The molecule has 158 valence electrons. The Hall–Kier alpha value is -2.31. The molecule has 0 aliphatic carbocycles.